The van der Waals surface area contributed by atoms with Crippen molar-refractivity contribution in [3.63, 3.8) is 0 Å². The van der Waals surface area contributed by atoms with Gasteiger partial charge in [-0.1, -0.05) is 6.07 Å². The van der Waals surface area contributed by atoms with E-state index in [0.29, 0.717) is 11.5 Å². The number of nitrogens with zero attached hydrogens (tertiary/aromatic N) is 2. The molecule has 2 N–H and O–H groups in total. The van der Waals surface area contributed by atoms with Gasteiger partial charge in [0, 0.05) is 26.2 Å². The molecule has 5 aliphatic rings. The number of hydrogen-bond acceptors (Lipinski definition) is 12. The second-order valence-corrected chi connectivity index (χ2v) is 10.8. The van der Waals surface area contributed by atoms with E-state index in [1.807, 2.05) is 0 Å². The van der Waals surface area contributed by atoms with Crippen LogP contribution in [0.1, 0.15) is 12.5 Å². The first-order valence-electron chi connectivity index (χ1n) is 13.6. The lowest BCUT2D eigenvalue weighted by Crippen LogP contribution is -2.57. The second-order valence-electron chi connectivity index (χ2n) is 10.8. The first-order chi connectivity index (χ1) is 20.2. The van der Waals surface area contributed by atoms with Crippen LogP contribution in [0.25, 0.3) is 0 Å². The van der Waals surface area contributed by atoms with Gasteiger partial charge in [-0.15, -0.1) is 0 Å². The van der Waals surface area contributed by atoms with E-state index in [0.717, 1.165) is 5.56 Å². The van der Waals surface area contributed by atoms with Crippen molar-refractivity contribution in [3.8, 4) is 11.5 Å². The molecule has 1 aromatic carbocycles. The van der Waals surface area contributed by atoms with Crippen LogP contribution < -0.4 is 15.2 Å². The number of amides is 2. The van der Waals surface area contributed by atoms with E-state index in [4.69, 9.17) is 38.9 Å². The van der Waals surface area contributed by atoms with Crippen molar-refractivity contribution >= 4 is 23.6 Å². The number of allylic oxidation sites excluding steroid dienone is 1. The van der Waals surface area contributed by atoms with E-state index in [1.54, 1.807) is 28.0 Å². The Morgan fingerprint density at radius 1 is 1.05 bits per heavy atom. The van der Waals surface area contributed by atoms with Crippen molar-refractivity contribution < 1.29 is 52.3 Å². The van der Waals surface area contributed by atoms with Crippen LogP contribution in [-0.2, 0) is 44.7 Å². The van der Waals surface area contributed by atoms with Gasteiger partial charge in [0.25, 0.3) is 0 Å². The number of ketones is 2. The number of methoxy groups -OCH3 is 3. The SMILES string of the molecule is COc1ccc(COCC2C(=O)C3=C(C(=O)C24OCCO4)[C@@H](COC(N)=O)[C@@]2(OC)[C@@H]4[C@H](CN32)N4C(C)=O)cc1OC. The van der Waals surface area contributed by atoms with Crippen LogP contribution in [0.2, 0.25) is 0 Å². The number of ether oxygens (including phenoxy) is 7. The monoisotopic (exact) mass is 587 g/mol. The summed E-state index contributed by atoms with van der Waals surface area (Å²) in [5.41, 5.74) is 4.94. The lowest BCUT2D eigenvalue weighted by molar-refractivity contribution is -0.206. The summed E-state index contributed by atoms with van der Waals surface area (Å²) in [7, 11) is 4.51. The molecule has 5 atom stereocenters. The molecule has 4 aliphatic heterocycles. The Bertz CT molecular complexity index is 1370. The smallest absolute Gasteiger partial charge is 0.404 e. The minimum absolute atomic E-state index is 0.0787. The van der Waals surface area contributed by atoms with Gasteiger partial charge in [0.05, 0.1) is 58.3 Å². The summed E-state index contributed by atoms with van der Waals surface area (Å²) >= 11 is 0. The Morgan fingerprint density at radius 3 is 2.38 bits per heavy atom. The third-order valence-corrected chi connectivity index (χ3v) is 8.89. The highest BCUT2D eigenvalue weighted by Gasteiger charge is 2.79. The quantitative estimate of drug-likeness (QED) is 0.384. The average molecular weight is 588 g/mol. The highest BCUT2D eigenvalue weighted by atomic mass is 16.7. The van der Waals surface area contributed by atoms with E-state index in [1.165, 1.54) is 28.3 Å². The third kappa shape index (κ3) is 3.85. The molecule has 1 unspecified atom stereocenters. The molecule has 2 amide bonds. The molecule has 0 saturated carbocycles. The third-order valence-electron chi connectivity index (χ3n) is 8.89. The van der Waals surface area contributed by atoms with Gasteiger partial charge >= 0.3 is 6.09 Å². The molecule has 4 heterocycles. The highest BCUT2D eigenvalue weighted by molar-refractivity contribution is 6.17. The van der Waals surface area contributed by atoms with E-state index in [-0.39, 0.29) is 62.8 Å². The van der Waals surface area contributed by atoms with Gasteiger partial charge < -0.3 is 48.7 Å². The van der Waals surface area contributed by atoms with Gasteiger partial charge in [0.1, 0.15) is 18.6 Å². The van der Waals surface area contributed by atoms with Gasteiger partial charge in [-0.25, -0.2) is 4.79 Å². The summed E-state index contributed by atoms with van der Waals surface area (Å²) < 4.78 is 39.7. The van der Waals surface area contributed by atoms with Crippen molar-refractivity contribution in [2.45, 2.75) is 37.1 Å². The zero-order valence-electron chi connectivity index (χ0n) is 23.7. The number of hydrogen-bond donors (Lipinski definition) is 1. The lowest BCUT2D eigenvalue weighted by atomic mass is 9.75. The number of benzene rings is 1. The van der Waals surface area contributed by atoms with Crippen molar-refractivity contribution in [1.82, 2.24) is 9.80 Å². The maximum absolute atomic E-state index is 14.4. The van der Waals surface area contributed by atoms with Crippen molar-refractivity contribution in [3.05, 3.63) is 35.0 Å². The van der Waals surface area contributed by atoms with E-state index >= 15 is 0 Å². The molecule has 1 aromatic rings. The van der Waals surface area contributed by atoms with E-state index < -0.39 is 47.0 Å². The number of carbonyl (C=O) groups is 4. The van der Waals surface area contributed by atoms with Crippen LogP contribution in [0.5, 0.6) is 11.5 Å². The summed E-state index contributed by atoms with van der Waals surface area (Å²) in [5, 5.41) is 0. The van der Waals surface area contributed by atoms with Gasteiger partial charge in [0.15, 0.2) is 23.0 Å². The topological polar surface area (TPSA) is 165 Å². The summed E-state index contributed by atoms with van der Waals surface area (Å²) in [6.45, 7) is 1.48. The molecule has 42 heavy (non-hydrogen) atoms. The zero-order chi connectivity index (χ0) is 30.0. The number of Topliss-reactive ketones (excluding diaryl/α,β-unsaturated/α-hetero) is 2. The second kappa shape index (κ2) is 10.2. The van der Waals surface area contributed by atoms with Crippen LogP contribution in [0.15, 0.2) is 29.5 Å². The summed E-state index contributed by atoms with van der Waals surface area (Å²) in [4.78, 5) is 56.1. The number of fused-ring (bicyclic) bond motifs is 4. The number of carbonyl (C=O) groups excluding carboxylic acids is 4. The fourth-order valence-electron chi connectivity index (χ4n) is 7.21. The predicted molar refractivity (Wildman–Crippen MR) is 140 cm³/mol. The first-order valence-corrected chi connectivity index (χ1v) is 13.6. The van der Waals surface area contributed by atoms with Crippen LogP contribution in [-0.4, -0.2) is 111 Å². The Kier molecular flexibility index (Phi) is 6.91. The average Bonchev–Trinajstić information content (AvgIpc) is 3.24. The molecule has 3 fully saturated rings. The maximum Gasteiger partial charge on any atom is 0.404 e. The van der Waals surface area contributed by atoms with Gasteiger partial charge in [-0.2, -0.15) is 0 Å². The molecule has 0 aromatic heterocycles. The number of piperazine rings is 1. The Labute approximate surface area is 241 Å². The Morgan fingerprint density at radius 2 is 1.76 bits per heavy atom. The molecule has 226 valence electrons. The Hall–Kier alpha value is -3.72. The summed E-state index contributed by atoms with van der Waals surface area (Å²) in [6.07, 6.45) is -1.05. The van der Waals surface area contributed by atoms with E-state index in [2.05, 4.69) is 0 Å². The molecule has 1 spiro atoms. The van der Waals surface area contributed by atoms with Crippen LogP contribution >= 0.6 is 0 Å². The highest BCUT2D eigenvalue weighted by Crippen LogP contribution is 2.61. The van der Waals surface area contributed by atoms with E-state index in [9.17, 15) is 19.2 Å². The predicted octanol–water partition coefficient (Wildman–Crippen LogP) is -0.0317. The minimum atomic E-state index is -1.92. The van der Waals surface area contributed by atoms with Crippen LogP contribution in [0.3, 0.4) is 0 Å². The molecule has 6 rings (SSSR count). The number of primary amides is 1. The van der Waals surface area contributed by atoms with Gasteiger partial charge in [-0.05, 0) is 17.7 Å². The summed E-state index contributed by atoms with van der Waals surface area (Å²) in [6, 6.07) is 4.61. The first kappa shape index (κ1) is 28.4. The molecule has 14 nitrogen and oxygen atoms in total. The normalized spacial score (nSPS) is 30.4. The number of rotatable bonds is 9. The van der Waals surface area contributed by atoms with Crippen molar-refractivity contribution in [1.29, 1.82) is 0 Å². The molecule has 3 saturated heterocycles. The molecule has 0 bridgehead atoms. The zero-order valence-corrected chi connectivity index (χ0v) is 23.7. The molecular formula is C28H33N3O11. The van der Waals surface area contributed by atoms with Crippen molar-refractivity contribution in [2.24, 2.45) is 17.6 Å². The summed E-state index contributed by atoms with van der Waals surface area (Å²) in [5.74, 6) is -4.05. The van der Waals surface area contributed by atoms with Crippen molar-refractivity contribution in [2.75, 3.05) is 54.3 Å². The maximum atomic E-state index is 14.4. The molecule has 1 aliphatic carbocycles. The van der Waals surface area contributed by atoms with Crippen LogP contribution in [0, 0.1) is 11.8 Å². The number of nitrogens with two attached hydrogens (primary N) is 1. The Balaban J connectivity index is 1.34. The standard InChI is InChI=1S/C28H33N3O11/c1-14(32)31-18-10-30-22-21(16(13-40-26(29)35)27(30,38-4)24(18)31)25(34)28(41-7-8-42-28)17(23(22)33)12-39-11-15-5-6-19(36-2)20(9-15)37-3/h5-6,9,16-18,24H,7-8,10-13H2,1-4H3,(H2,29,35)/t16-,17?,18+,24+,27-,31?/m1/s1. The van der Waals surface area contributed by atoms with Gasteiger partial charge in [0.2, 0.25) is 17.5 Å². The molecule has 0 radical (unpaired) electrons. The minimum Gasteiger partial charge on any atom is -0.493 e. The molecular weight excluding hydrogens is 554 g/mol. The molecule has 14 heteroatoms. The lowest BCUT2D eigenvalue weighted by Gasteiger charge is -2.41. The fourth-order valence-corrected chi connectivity index (χ4v) is 7.21. The van der Waals surface area contributed by atoms with Gasteiger partial charge in [-0.3, -0.25) is 14.4 Å². The fraction of sp³-hybridized carbons (Fsp3) is 0.571. The van der Waals surface area contributed by atoms with Crippen LogP contribution in [0.4, 0.5) is 4.79 Å². The largest absolute Gasteiger partial charge is 0.493 e.